The Morgan fingerprint density at radius 3 is 2.82 bits per heavy atom. The number of likely N-dealkylation sites (N-methyl/N-ethyl adjacent to an activating group) is 1. The van der Waals surface area contributed by atoms with Crippen molar-refractivity contribution in [1.29, 1.82) is 0 Å². The van der Waals surface area contributed by atoms with Crippen LogP contribution in [0.25, 0.3) is 10.8 Å². The Morgan fingerprint density at radius 1 is 1.09 bits per heavy atom. The molecule has 2 aliphatic heterocycles. The van der Waals surface area contributed by atoms with Crippen molar-refractivity contribution < 1.29 is 9.84 Å². The molecule has 7 atom stereocenters. The van der Waals surface area contributed by atoms with Crippen molar-refractivity contribution in [2.45, 2.75) is 81.1 Å². The number of hydrogen-bond donors (Lipinski definition) is 1. The van der Waals surface area contributed by atoms with Crippen LogP contribution in [0.5, 0.6) is 0 Å². The largest absolute Gasteiger partial charge is 0.387 e. The predicted molar refractivity (Wildman–Crippen MR) is 135 cm³/mol. The molecule has 2 bridgehead atoms. The lowest BCUT2D eigenvalue weighted by Crippen LogP contribution is -2.57. The standard InChI is InChI=1S/C30H36N2O2/c1-28-10-8-22-15-23-16-26(33)25(32(2)3)17-29(23)11-12-30(22,34-29)27(28)7-6-24(28)20-5-4-19-9-13-31-18-21(19)14-20/h4-5,9,13-16,18,24-27,33H,6-8,10-12,17H2,1-3H3/t24-,25+,26+,27-,28-,29-,30-/m1/s1. The van der Waals surface area contributed by atoms with E-state index in [9.17, 15) is 5.11 Å². The monoisotopic (exact) mass is 456 g/mol. The fourth-order valence-electron chi connectivity index (χ4n) is 8.79. The van der Waals surface area contributed by atoms with Gasteiger partial charge in [-0.25, -0.2) is 0 Å². The predicted octanol–water partition coefficient (Wildman–Crippen LogP) is 5.38. The SMILES string of the molecule is CN(C)[C@H]1C[C@@]23CC[C@@]4(O2)C(=CC3=C[C@@H]1O)CC[C@]1(C)[C@@H](c2ccc3ccncc3c2)CC[C@H]14. The van der Waals surface area contributed by atoms with Gasteiger partial charge in [0.1, 0.15) is 0 Å². The molecule has 3 aliphatic carbocycles. The van der Waals surface area contributed by atoms with E-state index in [1.165, 1.54) is 46.7 Å². The van der Waals surface area contributed by atoms with Crippen LogP contribution in [0.4, 0.5) is 0 Å². The molecule has 4 heteroatoms. The van der Waals surface area contributed by atoms with Crippen LogP contribution in [0.1, 0.15) is 63.4 Å². The first-order valence-electron chi connectivity index (χ1n) is 13.2. The molecule has 0 amide bonds. The molecule has 178 valence electrons. The Morgan fingerprint density at radius 2 is 1.97 bits per heavy atom. The van der Waals surface area contributed by atoms with Crippen molar-refractivity contribution in [3.63, 3.8) is 0 Å². The average Bonchev–Trinajstić information content (AvgIpc) is 3.34. The van der Waals surface area contributed by atoms with Gasteiger partial charge >= 0.3 is 0 Å². The van der Waals surface area contributed by atoms with Gasteiger partial charge in [-0.2, -0.15) is 0 Å². The van der Waals surface area contributed by atoms with Crippen LogP contribution in [0.3, 0.4) is 0 Å². The van der Waals surface area contributed by atoms with E-state index < -0.39 is 6.10 Å². The first kappa shape index (κ1) is 21.3. The smallest absolute Gasteiger partial charge is 0.0958 e. The van der Waals surface area contributed by atoms with Gasteiger partial charge in [-0.15, -0.1) is 0 Å². The molecule has 5 aliphatic rings. The van der Waals surface area contributed by atoms with E-state index in [0.717, 1.165) is 25.7 Å². The number of benzene rings is 1. The van der Waals surface area contributed by atoms with E-state index in [2.05, 4.69) is 67.3 Å². The van der Waals surface area contributed by atoms with Gasteiger partial charge < -0.3 is 14.7 Å². The number of rotatable bonds is 2. The normalized spacial score (nSPS) is 42.7. The van der Waals surface area contributed by atoms with Gasteiger partial charge in [0.15, 0.2) is 0 Å². The lowest BCUT2D eigenvalue weighted by Gasteiger charge is -2.56. The van der Waals surface area contributed by atoms with Crippen LogP contribution >= 0.6 is 0 Å². The van der Waals surface area contributed by atoms with Crippen molar-refractivity contribution in [3.05, 3.63) is 65.5 Å². The molecule has 34 heavy (non-hydrogen) atoms. The molecule has 3 heterocycles. The van der Waals surface area contributed by atoms with Gasteiger partial charge in [0, 0.05) is 23.8 Å². The van der Waals surface area contributed by atoms with E-state index in [-0.39, 0.29) is 22.7 Å². The van der Waals surface area contributed by atoms with Crippen LogP contribution in [0.2, 0.25) is 0 Å². The Bertz CT molecular complexity index is 1230. The fraction of sp³-hybridized carbons (Fsp3) is 0.567. The number of fused-ring (bicyclic) bond motifs is 2. The second-order valence-corrected chi connectivity index (χ2v) is 12.2. The van der Waals surface area contributed by atoms with Crippen LogP contribution < -0.4 is 0 Å². The first-order valence-corrected chi connectivity index (χ1v) is 13.2. The maximum atomic E-state index is 10.8. The number of ether oxygens (including phenoxy) is 1. The molecule has 1 saturated heterocycles. The molecule has 0 unspecified atom stereocenters. The molecule has 1 aromatic heterocycles. The van der Waals surface area contributed by atoms with Crippen molar-refractivity contribution in [2.75, 3.05) is 14.1 Å². The van der Waals surface area contributed by atoms with Crippen LogP contribution in [0, 0.1) is 11.3 Å². The quantitative estimate of drug-likeness (QED) is 0.659. The highest BCUT2D eigenvalue weighted by molar-refractivity contribution is 5.82. The zero-order chi connectivity index (χ0) is 23.3. The van der Waals surface area contributed by atoms with E-state index in [1.807, 2.05) is 12.4 Å². The third kappa shape index (κ3) is 2.68. The van der Waals surface area contributed by atoms with Crippen molar-refractivity contribution in [1.82, 2.24) is 9.88 Å². The number of pyridine rings is 1. The summed E-state index contributed by atoms with van der Waals surface area (Å²) in [5, 5.41) is 13.3. The molecule has 7 rings (SSSR count). The lowest BCUT2D eigenvalue weighted by atomic mass is 9.56. The van der Waals surface area contributed by atoms with Gasteiger partial charge in [-0.3, -0.25) is 4.98 Å². The second-order valence-electron chi connectivity index (χ2n) is 12.2. The number of aliphatic hydroxyl groups is 1. The minimum absolute atomic E-state index is 0.114. The van der Waals surface area contributed by atoms with Gasteiger partial charge in [0.2, 0.25) is 0 Å². The highest BCUT2D eigenvalue weighted by Crippen LogP contribution is 2.70. The summed E-state index contributed by atoms with van der Waals surface area (Å²) in [4.78, 5) is 6.54. The summed E-state index contributed by atoms with van der Waals surface area (Å²) in [5.41, 5.74) is 4.15. The molecule has 1 N–H and O–H groups in total. The third-order valence-electron chi connectivity index (χ3n) is 10.5. The second kappa shape index (κ2) is 7.02. The zero-order valence-electron chi connectivity index (χ0n) is 20.6. The summed E-state index contributed by atoms with van der Waals surface area (Å²) in [6.45, 7) is 2.56. The highest BCUT2D eigenvalue weighted by Gasteiger charge is 2.67. The Labute approximate surface area is 202 Å². The Hall–Kier alpha value is -2.01. The third-order valence-corrected chi connectivity index (χ3v) is 10.5. The molecule has 1 aromatic carbocycles. The zero-order valence-corrected chi connectivity index (χ0v) is 20.6. The topological polar surface area (TPSA) is 45.6 Å². The number of hydrogen-bond acceptors (Lipinski definition) is 4. The average molecular weight is 457 g/mol. The van der Waals surface area contributed by atoms with Crippen molar-refractivity contribution >= 4 is 10.8 Å². The summed E-state index contributed by atoms with van der Waals surface area (Å²) >= 11 is 0. The fourth-order valence-corrected chi connectivity index (χ4v) is 8.79. The van der Waals surface area contributed by atoms with Crippen molar-refractivity contribution in [2.24, 2.45) is 11.3 Å². The molecule has 4 nitrogen and oxygen atoms in total. The molecule has 3 fully saturated rings. The van der Waals surface area contributed by atoms with Crippen molar-refractivity contribution in [3.8, 4) is 0 Å². The molecular formula is C30H36N2O2. The Balaban J connectivity index is 1.28. The summed E-state index contributed by atoms with van der Waals surface area (Å²) < 4.78 is 7.36. The molecule has 2 saturated carbocycles. The van der Waals surface area contributed by atoms with Gasteiger partial charge in [0.05, 0.1) is 17.3 Å². The molecule has 2 aromatic rings. The first-order chi connectivity index (χ1) is 16.3. The highest BCUT2D eigenvalue weighted by atomic mass is 16.5. The minimum Gasteiger partial charge on any atom is -0.387 e. The van der Waals surface area contributed by atoms with Crippen LogP contribution in [-0.2, 0) is 4.74 Å². The molecule has 0 radical (unpaired) electrons. The van der Waals surface area contributed by atoms with Gasteiger partial charge in [-0.05, 0) is 117 Å². The maximum Gasteiger partial charge on any atom is 0.0958 e. The Kier molecular flexibility index (Phi) is 4.40. The molecule has 2 spiro atoms. The lowest BCUT2D eigenvalue weighted by molar-refractivity contribution is -0.148. The molecular weight excluding hydrogens is 420 g/mol. The minimum atomic E-state index is -0.420. The summed E-state index contributed by atoms with van der Waals surface area (Å²) in [7, 11) is 4.16. The van der Waals surface area contributed by atoms with Crippen LogP contribution in [-0.4, -0.2) is 52.4 Å². The number of aliphatic hydroxyl groups excluding tert-OH is 1. The summed E-state index contributed by atoms with van der Waals surface area (Å²) in [5.74, 6) is 1.12. The number of nitrogens with zero attached hydrogens (tertiary/aromatic N) is 2. The van der Waals surface area contributed by atoms with Crippen LogP contribution in [0.15, 0.2) is 60.0 Å². The summed E-state index contributed by atoms with van der Waals surface area (Å²) in [6, 6.07) is 9.27. The van der Waals surface area contributed by atoms with Gasteiger partial charge in [-0.1, -0.05) is 25.1 Å². The van der Waals surface area contributed by atoms with E-state index in [1.54, 1.807) is 0 Å². The van der Waals surface area contributed by atoms with Gasteiger partial charge in [0.25, 0.3) is 0 Å². The van der Waals surface area contributed by atoms with E-state index in [4.69, 9.17) is 4.74 Å². The summed E-state index contributed by atoms with van der Waals surface area (Å²) in [6.07, 6.45) is 15.9. The number of aromatic nitrogens is 1. The maximum absolute atomic E-state index is 10.8. The van der Waals surface area contributed by atoms with E-state index in [0.29, 0.717) is 11.8 Å². The van der Waals surface area contributed by atoms with E-state index >= 15 is 0 Å².